The molecule has 1 atom stereocenters. The Morgan fingerprint density at radius 2 is 1.62 bits per heavy atom. The van der Waals surface area contributed by atoms with Crippen LogP contribution in [0.3, 0.4) is 0 Å². The van der Waals surface area contributed by atoms with Crippen molar-refractivity contribution in [1.29, 1.82) is 0 Å². The minimum Gasteiger partial charge on any atom is -0.375 e. The van der Waals surface area contributed by atoms with E-state index in [1.54, 1.807) is 28.6 Å². The first-order valence-electron chi connectivity index (χ1n) is 8.13. The summed E-state index contributed by atoms with van der Waals surface area (Å²) in [7, 11) is -3.54. The molecule has 0 aliphatic carbocycles. The van der Waals surface area contributed by atoms with E-state index in [-0.39, 0.29) is 6.10 Å². The number of benzene rings is 2. The van der Waals surface area contributed by atoms with Gasteiger partial charge in [-0.1, -0.05) is 48.5 Å². The van der Waals surface area contributed by atoms with Crippen molar-refractivity contribution in [1.82, 2.24) is 4.31 Å². The van der Waals surface area contributed by atoms with Crippen molar-refractivity contribution in [3.8, 4) is 0 Å². The average molecular weight is 345 g/mol. The topological polar surface area (TPSA) is 46.6 Å². The zero-order valence-electron chi connectivity index (χ0n) is 14.1. The second-order valence-electron chi connectivity index (χ2n) is 6.78. The van der Waals surface area contributed by atoms with Gasteiger partial charge in [-0.05, 0) is 38.0 Å². The molecule has 2 aromatic carbocycles. The molecule has 2 aromatic rings. The molecule has 1 unspecified atom stereocenters. The number of morpholine rings is 1. The van der Waals surface area contributed by atoms with Gasteiger partial charge in [-0.3, -0.25) is 0 Å². The van der Waals surface area contributed by atoms with E-state index in [0.717, 1.165) is 5.56 Å². The standard InChI is InChI=1S/C19H23NO3S/c1-19(2)15-23-17(13-16-9-5-3-6-10-16)14-20(19)24(21,22)18-11-7-4-8-12-18/h3-12,17H,13-15H2,1-2H3. The maximum Gasteiger partial charge on any atom is 0.243 e. The predicted molar refractivity (Wildman–Crippen MR) is 94.3 cm³/mol. The van der Waals surface area contributed by atoms with Gasteiger partial charge >= 0.3 is 0 Å². The molecule has 1 saturated heterocycles. The highest BCUT2D eigenvalue weighted by Gasteiger charge is 2.42. The van der Waals surface area contributed by atoms with Crippen LogP contribution in [0.25, 0.3) is 0 Å². The van der Waals surface area contributed by atoms with Crippen LogP contribution in [-0.4, -0.2) is 37.5 Å². The molecule has 1 aliphatic heterocycles. The van der Waals surface area contributed by atoms with Gasteiger partial charge in [0.25, 0.3) is 0 Å². The highest BCUT2D eigenvalue weighted by Crippen LogP contribution is 2.30. The van der Waals surface area contributed by atoms with Gasteiger partial charge in [-0.15, -0.1) is 0 Å². The number of hydrogen-bond acceptors (Lipinski definition) is 3. The lowest BCUT2D eigenvalue weighted by Crippen LogP contribution is -2.58. The van der Waals surface area contributed by atoms with Crippen LogP contribution >= 0.6 is 0 Å². The fourth-order valence-electron chi connectivity index (χ4n) is 3.02. The van der Waals surface area contributed by atoms with Crippen molar-refractivity contribution >= 4 is 10.0 Å². The number of ether oxygens (including phenoxy) is 1. The third-order valence-corrected chi connectivity index (χ3v) is 6.45. The van der Waals surface area contributed by atoms with Crippen LogP contribution in [0.1, 0.15) is 19.4 Å². The quantitative estimate of drug-likeness (QED) is 0.855. The third-order valence-electron chi connectivity index (χ3n) is 4.35. The Labute approximate surface area is 144 Å². The van der Waals surface area contributed by atoms with Gasteiger partial charge in [0.2, 0.25) is 10.0 Å². The summed E-state index contributed by atoms with van der Waals surface area (Å²) in [6, 6.07) is 18.6. The smallest absolute Gasteiger partial charge is 0.243 e. The summed E-state index contributed by atoms with van der Waals surface area (Å²) >= 11 is 0. The van der Waals surface area contributed by atoms with E-state index in [1.807, 2.05) is 50.2 Å². The Hall–Kier alpha value is -1.69. The molecule has 24 heavy (non-hydrogen) atoms. The summed E-state index contributed by atoms with van der Waals surface area (Å²) in [5, 5.41) is 0. The van der Waals surface area contributed by atoms with Crippen molar-refractivity contribution in [2.75, 3.05) is 13.2 Å². The van der Waals surface area contributed by atoms with Crippen molar-refractivity contribution in [3.05, 3.63) is 66.2 Å². The molecular formula is C19H23NO3S. The van der Waals surface area contributed by atoms with Crippen LogP contribution in [0.4, 0.5) is 0 Å². The van der Waals surface area contributed by atoms with E-state index in [0.29, 0.717) is 24.5 Å². The van der Waals surface area contributed by atoms with E-state index in [1.165, 1.54) is 0 Å². The molecule has 0 spiro atoms. The molecule has 0 amide bonds. The zero-order chi connectivity index (χ0) is 17.2. The number of sulfonamides is 1. The molecule has 1 heterocycles. The van der Waals surface area contributed by atoms with E-state index in [4.69, 9.17) is 4.74 Å². The Balaban J connectivity index is 1.84. The van der Waals surface area contributed by atoms with Gasteiger partial charge in [0, 0.05) is 6.54 Å². The summed E-state index contributed by atoms with van der Waals surface area (Å²) in [4.78, 5) is 0.332. The van der Waals surface area contributed by atoms with Crippen molar-refractivity contribution in [2.45, 2.75) is 36.8 Å². The monoisotopic (exact) mass is 345 g/mol. The fraction of sp³-hybridized carbons (Fsp3) is 0.368. The largest absolute Gasteiger partial charge is 0.375 e. The second-order valence-corrected chi connectivity index (χ2v) is 8.65. The van der Waals surface area contributed by atoms with Crippen molar-refractivity contribution < 1.29 is 13.2 Å². The summed E-state index contributed by atoms with van der Waals surface area (Å²) in [5.41, 5.74) is 0.585. The van der Waals surface area contributed by atoms with Gasteiger partial charge in [0.15, 0.2) is 0 Å². The molecule has 0 bridgehead atoms. The minimum atomic E-state index is -3.54. The Morgan fingerprint density at radius 3 is 2.25 bits per heavy atom. The lowest BCUT2D eigenvalue weighted by molar-refractivity contribution is -0.0629. The maximum atomic E-state index is 13.1. The van der Waals surface area contributed by atoms with Crippen LogP contribution in [-0.2, 0) is 21.2 Å². The highest BCUT2D eigenvalue weighted by atomic mass is 32.2. The van der Waals surface area contributed by atoms with Crippen molar-refractivity contribution in [2.24, 2.45) is 0 Å². The van der Waals surface area contributed by atoms with Crippen LogP contribution in [0, 0.1) is 0 Å². The van der Waals surface area contributed by atoms with E-state index >= 15 is 0 Å². The van der Waals surface area contributed by atoms with Crippen LogP contribution in [0.15, 0.2) is 65.6 Å². The average Bonchev–Trinajstić information content (AvgIpc) is 2.58. The first kappa shape index (κ1) is 17.1. The molecule has 0 radical (unpaired) electrons. The van der Waals surface area contributed by atoms with E-state index < -0.39 is 15.6 Å². The molecule has 3 rings (SSSR count). The normalized spacial score (nSPS) is 21.5. The third kappa shape index (κ3) is 3.53. The van der Waals surface area contributed by atoms with Gasteiger partial charge in [-0.2, -0.15) is 4.31 Å². The minimum absolute atomic E-state index is 0.140. The molecule has 4 nitrogen and oxygen atoms in total. The predicted octanol–water partition coefficient (Wildman–Crippen LogP) is 3.10. The number of rotatable bonds is 4. The first-order valence-corrected chi connectivity index (χ1v) is 9.57. The molecule has 1 fully saturated rings. The van der Waals surface area contributed by atoms with Gasteiger partial charge in [0.1, 0.15) is 0 Å². The van der Waals surface area contributed by atoms with Gasteiger partial charge in [-0.25, -0.2) is 8.42 Å². The number of nitrogens with zero attached hydrogens (tertiary/aromatic N) is 1. The Morgan fingerprint density at radius 1 is 1.04 bits per heavy atom. The van der Waals surface area contributed by atoms with Crippen LogP contribution in [0.2, 0.25) is 0 Å². The van der Waals surface area contributed by atoms with E-state index in [2.05, 4.69) is 0 Å². The maximum absolute atomic E-state index is 13.1. The van der Waals surface area contributed by atoms with Gasteiger partial charge in [0.05, 0.1) is 23.1 Å². The summed E-state index contributed by atoms with van der Waals surface area (Å²) in [6.07, 6.45) is 0.566. The fourth-order valence-corrected chi connectivity index (χ4v) is 4.84. The van der Waals surface area contributed by atoms with E-state index in [9.17, 15) is 8.42 Å². The molecule has 0 N–H and O–H groups in total. The second kappa shape index (κ2) is 6.67. The number of hydrogen-bond donors (Lipinski definition) is 0. The lowest BCUT2D eigenvalue weighted by atomic mass is 10.0. The molecule has 5 heteroatoms. The molecule has 0 aromatic heterocycles. The first-order chi connectivity index (χ1) is 11.4. The zero-order valence-corrected chi connectivity index (χ0v) is 14.9. The molecule has 1 aliphatic rings. The van der Waals surface area contributed by atoms with Crippen LogP contribution < -0.4 is 0 Å². The highest BCUT2D eigenvalue weighted by molar-refractivity contribution is 7.89. The van der Waals surface area contributed by atoms with Gasteiger partial charge < -0.3 is 4.74 Å². The summed E-state index contributed by atoms with van der Waals surface area (Å²) in [5.74, 6) is 0. The SMILES string of the molecule is CC1(C)COC(Cc2ccccc2)CN1S(=O)(=O)c1ccccc1. The molecule has 128 valence electrons. The Kier molecular flexibility index (Phi) is 4.76. The summed E-state index contributed by atoms with van der Waals surface area (Å²) < 4.78 is 33.7. The lowest BCUT2D eigenvalue weighted by Gasteiger charge is -2.44. The van der Waals surface area contributed by atoms with Crippen LogP contribution in [0.5, 0.6) is 0 Å². The Bertz CT molecular complexity index is 773. The summed E-state index contributed by atoms with van der Waals surface area (Å²) in [6.45, 7) is 4.56. The molecule has 0 saturated carbocycles. The molecular weight excluding hydrogens is 322 g/mol. The van der Waals surface area contributed by atoms with Crippen molar-refractivity contribution in [3.63, 3.8) is 0 Å².